The van der Waals surface area contributed by atoms with Crippen LogP contribution in [0, 0.1) is 0 Å². The number of aromatic carboxylic acids is 1. The lowest BCUT2D eigenvalue weighted by atomic mass is 10.0. The summed E-state index contributed by atoms with van der Waals surface area (Å²) < 4.78 is 0.605. The lowest BCUT2D eigenvalue weighted by Crippen LogP contribution is -2.45. The Morgan fingerprint density at radius 2 is 2.18 bits per heavy atom. The van der Waals surface area contributed by atoms with Crippen molar-refractivity contribution < 1.29 is 15.0 Å². The highest BCUT2D eigenvalue weighted by molar-refractivity contribution is 9.10. The molecule has 0 fully saturated rings. The zero-order valence-corrected chi connectivity index (χ0v) is 11.5. The van der Waals surface area contributed by atoms with Gasteiger partial charge >= 0.3 is 5.97 Å². The number of aliphatic hydroxyl groups is 1. The molecule has 0 saturated heterocycles. The Morgan fingerprint density at radius 1 is 1.59 bits per heavy atom. The lowest BCUT2D eigenvalue weighted by Gasteiger charge is -2.35. The monoisotopic (exact) mass is 302 g/mol. The van der Waals surface area contributed by atoms with Crippen LogP contribution in [0.4, 0.5) is 5.82 Å². The Kier molecular flexibility index (Phi) is 4.11. The van der Waals surface area contributed by atoms with Gasteiger partial charge in [0.25, 0.3) is 0 Å². The first-order valence-corrected chi connectivity index (χ1v) is 5.82. The molecular formula is C11H15BrN2O3. The van der Waals surface area contributed by atoms with Crippen molar-refractivity contribution in [2.45, 2.75) is 19.4 Å². The molecule has 0 atom stereocenters. The molecule has 2 N–H and O–H groups in total. The molecule has 6 heteroatoms. The number of carbonyl (C=O) groups is 1. The van der Waals surface area contributed by atoms with Crippen LogP contribution < -0.4 is 4.90 Å². The quantitative estimate of drug-likeness (QED) is 0.886. The molecule has 1 rings (SSSR count). The summed E-state index contributed by atoms with van der Waals surface area (Å²) in [5.74, 6) is -0.714. The molecule has 0 amide bonds. The van der Waals surface area contributed by atoms with Crippen LogP contribution in [-0.2, 0) is 0 Å². The maximum atomic E-state index is 11.1. The molecule has 1 heterocycles. The molecule has 17 heavy (non-hydrogen) atoms. The number of nitrogens with zero attached hydrogens (tertiary/aromatic N) is 2. The number of hydrogen-bond acceptors (Lipinski definition) is 4. The molecule has 0 unspecified atom stereocenters. The molecule has 0 aliphatic rings. The highest BCUT2D eigenvalue weighted by atomic mass is 79.9. The summed E-state index contributed by atoms with van der Waals surface area (Å²) >= 11 is 3.19. The lowest BCUT2D eigenvalue weighted by molar-refractivity contribution is 0.0696. The third-order valence-corrected chi connectivity index (χ3v) is 3.11. The number of likely N-dealkylation sites (N-methyl/N-ethyl adjacent to an activating group) is 1. The van der Waals surface area contributed by atoms with Gasteiger partial charge in [-0.2, -0.15) is 0 Å². The third-order valence-electron chi connectivity index (χ3n) is 2.68. The van der Waals surface area contributed by atoms with Gasteiger partial charge in [-0.3, -0.25) is 0 Å². The number of pyridine rings is 1. The Balaban J connectivity index is 3.26. The number of aromatic nitrogens is 1. The third kappa shape index (κ3) is 2.95. The van der Waals surface area contributed by atoms with Crippen molar-refractivity contribution in [2.24, 2.45) is 0 Å². The molecule has 0 aromatic carbocycles. The summed E-state index contributed by atoms with van der Waals surface area (Å²) in [6.07, 6.45) is 1.53. The Hall–Kier alpha value is -1.14. The van der Waals surface area contributed by atoms with Crippen LogP contribution in [0.5, 0.6) is 0 Å². The van der Waals surface area contributed by atoms with Gasteiger partial charge in [-0.15, -0.1) is 0 Å². The Labute approximate surface area is 108 Å². The van der Waals surface area contributed by atoms with Crippen molar-refractivity contribution in [2.75, 3.05) is 18.6 Å². The van der Waals surface area contributed by atoms with Crippen molar-refractivity contribution in [1.82, 2.24) is 4.98 Å². The number of carboxylic acids is 1. The van der Waals surface area contributed by atoms with E-state index in [4.69, 9.17) is 5.11 Å². The highest BCUT2D eigenvalue weighted by Gasteiger charge is 2.27. The van der Waals surface area contributed by atoms with Gasteiger partial charge in [0, 0.05) is 17.7 Å². The van der Waals surface area contributed by atoms with E-state index in [1.807, 2.05) is 13.8 Å². The fraction of sp³-hybridized carbons (Fsp3) is 0.455. The molecular weight excluding hydrogens is 288 g/mol. The van der Waals surface area contributed by atoms with Crippen LogP contribution in [-0.4, -0.2) is 40.4 Å². The molecule has 94 valence electrons. The fourth-order valence-electron chi connectivity index (χ4n) is 1.25. The second-order valence-corrected chi connectivity index (χ2v) is 5.28. The smallest absolute Gasteiger partial charge is 0.339 e. The van der Waals surface area contributed by atoms with E-state index in [1.165, 1.54) is 12.3 Å². The number of anilines is 1. The highest BCUT2D eigenvalue weighted by Crippen LogP contribution is 2.25. The fourth-order valence-corrected chi connectivity index (χ4v) is 1.58. The van der Waals surface area contributed by atoms with Crippen LogP contribution in [0.1, 0.15) is 24.2 Å². The van der Waals surface area contributed by atoms with Gasteiger partial charge in [-0.1, -0.05) is 0 Å². The zero-order valence-electron chi connectivity index (χ0n) is 9.94. The summed E-state index contributed by atoms with van der Waals surface area (Å²) in [5, 5.41) is 18.4. The van der Waals surface area contributed by atoms with Gasteiger partial charge < -0.3 is 15.1 Å². The SMILES string of the molecule is CN(c1ncc(Br)cc1C(=O)O)C(C)(C)CO. The van der Waals surface area contributed by atoms with Gasteiger partial charge in [0.2, 0.25) is 0 Å². The van der Waals surface area contributed by atoms with Crippen LogP contribution in [0.2, 0.25) is 0 Å². The van der Waals surface area contributed by atoms with Crippen LogP contribution >= 0.6 is 15.9 Å². The molecule has 0 saturated carbocycles. The maximum absolute atomic E-state index is 11.1. The van der Waals surface area contributed by atoms with E-state index < -0.39 is 11.5 Å². The van der Waals surface area contributed by atoms with Gasteiger partial charge in [0.15, 0.2) is 0 Å². The summed E-state index contributed by atoms with van der Waals surface area (Å²) in [4.78, 5) is 16.9. The Bertz CT molecular complexity index is 435. The van der Waals surface area contributed by atoms with Crippen molar-refractivity contribution in [3.63, 3.8) is 0 Å². The molecule has 5 nitrogen and oxygen atoms in total. The number of rotatable bonds is 4. The maximum Gasteiger partial charge on any atom is 0.339 e. The van der Waals surface area contributed by atoms with E-state index in [-0.39, 0.29) is 12.2 Å². The molecule has 0 aliphatic carbocycles. The minimum atomic E-state index is -1.05. The first-order valence-electron chi connectivity index (χ1n) is 5.03. The van der Waals surface area contributed by atoms with Gasteiger partial charge in [-0.05, 0) is 35.8 Å². The van der Waals surface area contributed by atoms with Crippen LogP contribution in [0.3, 0.4) is 0 Å². The normalized spacial score (nSPS) is 11.4. The summed E-state index contributed by atoms with van der Waals surface area (Å²) in [6.45, 7) is 3.52. The predicted octanol–water partition coefficient (Wildman–Crippen LogP) is 1.75. The van der Waals surface area contributed by atoms with E-state index in [1.54, 1.807) is 11.9 Å². The van der Waals surface area contributed by atoms with Crippen LogP contribution in [0.15, 0.2) is 16.7 Å². The van der Waals surface area contributed by atoms with E-state index in [9.17, 15) is 9.90 Å². The molecule has 0 aliphatic heterocycles. The first-order chi connectivity index (χ1) is 7.79. The van der Waals surface area contributed by atoms with Gasteiger partial charge in [-0.25, -0.2) is 9.78 Å². The van der Waals surface area contributed by atoms with E-state index in [0.29, 0.717) is 10.3 Å². The number of hydrogen-bond donors (Lipinski definition) is 2. The van der Waals surface area contributed by atoms with E-state index in [2.05, 4.69) is 20.9 Å². The average Bonchev–Trinajstić information content (AvgIpc) is 2.28. The largest absolute Gasteiger partial charge is 0.478 e. The van der Waals surface area contributed by atoms with Gasteiger partial charge in [0.05, 0.1) is 12.1 Å². The number of aliphatic hydroxyl groups excluding tert-OH is 1. The topological polar surface area (TPSA) is 73.7 Å². The summed E-state index contributed by atoms with van der Waals surface area (Å²) in [6, 6.07) is 1.49. The number of halogens is 1. The second kappa shape index (κ2) is 5.01. The van der Waals surface area contributed by atoms with Gasteiger partial charge in [0.1, 0.15) is 11.4 Å². The number of carboxylic acid groups (broad SMARTS) is 1. The average molecular weight is 303 g/mol. The van der Waals surface area contributed by atoms with Crippen molar-refractivity contribution in [1.29, 1.82) is 0 Å². The summed E-state index contributed by atoms with van der Waals surface area (Å²) in [7, 11) is 1.71. The molecule has 0 spiro atoms. The second-order valence-electron chi connectivity index (χ2n) is 4.36. The van der Waals surface area contributed by atoms with E-state index in [0.717, 1.165) is 0 Å². The minimum absolute atomic E-state index is 0.0969. The van der Waals surface area contributed by atoms with Crippen LogP contribution in [0.25, 0.3) is 0 Å². The molecule has 1 aromatic rings. The van der Waals surface area contributed by atoms with Crippen molar-refractivity contribution >= 4 is 27.7 Å². The first kappa shape index (κ1) is 13.9. The molecule has 0 radical (unpaired) electrons. The molecule has 1 aromatic heterocycles. The van der Waals surface area contributed by atoms with Crippen molar-refractivity contribution in [3.05, 3.63) is 22.3 Å². The van der Waals surface area contributed by atoms with Crippen molar-refractivity contribution in [3.8, 4) is 0 Å². The standard InChI is InChI=1S/C11H15BrN2O3/c1-11(2,6-15)14(3)9-8(10(16)17)4-7(12)5-13-9/h4-5,15H,6H2,1-3H3,(H,16,17). The van der Waals surface area contributed by atoms with E-state index >= 15 is 0 Å². The zero-order chi connectivity index (χ0) is 13.2. The molecule has 0 bridgehead atoms. The predicted molar refractivity (Wildman–Crippen MR) is 68.5 cm³/mol. The summed E-state index contributed by atoms with van der Waals surface area (Å²) in [5.41, 5.74) is -0.478. The minimum Gasteiger partial charge on any atom is -0.478 e. The Morgan fingerprint density at radius 3 is 2.65 bits per heavy atom.